The maximum Gasteiger partial charge on any atom is -0.000719 e. The van der Waals surface area contributed by atoms with Crippen LogP contribution in [-0.2, 0) is 5.41 Å². The average molecular weight is 863 g/mol. The van der Waals surface area contributed by atoms with Gasteiger partial charge in [-0.05, 0) is 185 Å². The molecule has 0 atom stereocenters. The summed E-state index contributed by atoms with van der Waals surface area (Å²) in [6.07, 6.45) is 0. The second-order valence-corrected chi connectivity index (χ2v) is 19.9. The third-order valence-corrected chi connectivity index (χ3v) is 15.1. The highest BCUT2D eigenvalue weighted by Gasteiger charge is 2.32. The van der Waals surface area contributed by atoms with Crippen molar-refractivity contribution in [3.63, 3.8) is 0 Å². The fraction of sp³-hybridized carbons (Fsp3) is 0.0588. The number of rotatable bonds is 5. The molecule has 0 aromatic heterocycles. The molecule has 12 aromatic rings. The van der Waals surface area contributed by atoms with Gasteiger partial charge in [-0.3, -0.25) is 0 Å². The molecule has 68 heavy (non-hydrogen) atoms. The Kier molecular flexibility index (Phi) is 8.35. The lowest BCUT2D eigenvalue weighted by molar-refractivity contribution is 0.590. The Morgan fingerprint density at radius 1 is 0.235 bits per heavy atom. The van der Waals surface area contributed by atoms with Gasteiger partial charge in [-0.1, -0.05) is 215 Å². The first-order valence-corrected chi connectivity index (χ1v) is 24.0. The highest BCUT2D eigenvalue weighted by atomic mass is 14.3. The Hall–Kier alpha value is -8.32. The Bertz CT molecular complexity index is 4090. The van der Waals surface area contributed by atoms with E-state index in [0.29, 0.717) is 0 Å². The Labute approximate surface area is 397 Å². The molecule has 0 radical (unpaired) electrons. The molecule has 0 unspecified atom stereocenters. The summed E-state index contributed by atoms with van der Waals surface area (Å²) in [6.45, 7) is 6.93. The first kappa shape index (κ1) is 38.9. The number of hydrogen-bond acceptors (Lipinski definition) is 0. The predicted octanol–water partition coefficient (Wildman–Crippen LogP) is 19.2. The van der Waals surface area contributed by atoms with E-state index in [2.05, 4.69) is 245 Å². The minimum absolute atomic E-state index is 0.0637. The van der Waals surface area contributed by atoms with E-state index >= 15 is 0 Å². The standard InChI is InChI=1S/C68H46/c1-68(2,3)49-31-33-52-56-35-34-51(54-26-14-28-55(64(54)56)59(52)40-49)46-30-32-57-60(38-46)63(48-24-13-22-44(37-48)42-18-8-5-9-19-42)67-61-39-45-20-10-11-25-50(45)53-27-15-29-58(65(53)61)66(67)62(57)47-23-12-21-43(36-47)41-16-6-4-7-17-41/h4-40H,1-3H3. The normalized spacial score (nSPS) is 12.3. The van der Waals surface area contributed by atoms with Gasteiger partial charge in [0.2, 0.25) is 0 Å². The fourth-order valence-electron chi connectivity index (χ4n) is 11.9. The first-order chi connectivity index (χ1) is 33.4. The summed E-state index contributed by atoms with van der Waals surface area (Å²) >= 11 is 0. The summed E-state index contributed by atoms with van der Waals surface area (Å²) < 4.78 is 0. The molecule has 0 heteroatoms. The van der Waals surface area contributed by atoms with Crippen molar-refractivity contribution in [1.82, 2.24) is 0 Å². The minimum atomic E-state index is 0.0637. The molecule has 2 aliphatic carbocycles. The summed E-state index contributed by atoms with van der Waals surface area (Å²) in [5, 5.41) is 10.3. The van der Waals surface area contributed by atoms with Gasteiger partial charge >= 0.3 is 0 Å². The molecule has 0 saturated carbocycles. The maximum absolute atomic E-state index is 2.52. The van der Waals surface area contributed by atoms with Crippen molar-refractivity contribution in [3.05, 3.63) is 230 Å². The fourth-order valence-corrected chi connectivity index (χ4v) is 11.9. The Morgan fingerprint density at radius 3 is 1.49 bits per heavy atom. The zero-order valence-corrected chi connectivity index (χ0v) is 38.4. The number of benzene rings is 12. The topological polar surface area (TPSA) is 0 Å². The van der Waals surface area contributed by atoms with Gasteiger partial charge in [0.15, 0.2) is 0 Å². The van der Waals surface area contributed by atoms with Crippen LogP contribution < -0.4 is 0 Å². The van der Waals surface area contributed by atoms with Crippen molar-refractivity contribution in [2.45, 2.75) is 26.2 Å². The van der Waals surface area contributed by atoms with Crippen molar-refractivity contribution in [2.75, 3.05) is 0 Å². The zero-order valence-electron chi connectivity index (χ0n) is 38.4. The van der Waals surface area contributed by atoms with Gasteiger partial charge in [-0.15, -0.1) is 0 Å². The van der Waals surface area contributed by atoms with Crippen LogP contribution >= 0.6 is 0 Å². The van der Waals surface area contributed by atoms with Crippen molar-refractivity contribution >= 4 is 43.1 Å². The quantitative estimate of drug-likeness (QED) is 0.151. The largest absolute Gasteiger partial charge is 0.0622 e. The van der Waals surface area contributed by atoms with Crippen LogP contribution in [0.25, 0.3) is 143 Å². The van der Waals surface area contributed by atoms with Crippen LogP contribution in [0.4, 0.5) is 0 Å². The number of hydrogen-bond donors (Lipinski definition) is 0. The number of fused-ring (bicyclic) bond motifs is 9. The SMILES string of the molecule is CC(C)(C)c1ccc2c(c1)-c1cccc3c(-c4ccc5c(-c6cccc(-c7ccccc7)c6)c6c(c(-c7cccc(-c8ccccc8)c7)c5c4)-c4cc5ccccc5c5cccc-6c45)ccc-2c13. The molecule has 12 aromatic carbocycles. The molecule has 14 rings (SSSR count). The highest BCUT2D eigenvalue weighted by molar-refractivity contribution is 6.31. The van der Waals surface area contributed by atoms with Gasteiger partial charge in [0.25, 0.3) is 0 Å². The van der Waals surface area contributed by atoms with Gasteiger partial charge in [0, 0.05) is 0 Å². The lowest BCUT2D eigenvalue weighted by Gasteiger charge is -2.22. The molecule has 0 amide bonds. The van der Waals surface area contributed by atoms with Gasteiger partial charge in [0.05, 0.1) is 0 Å². The van der Waals surface area contributed by atoms with E-state index in [1.54, 1.807) is 0 Å². The van der Waals surface area contributed by atoms with Gasteiger partial charge in [0.1, 0.15) is 0 Å². The smallest absolute Gasteiger partial charge is 0.000719 e. The molecule has 0 fully saturated rings. The molecular formula is C68H46. The average Bonchev–Trinajstić information content (AvgIpc) is 3.89. The lowest BCUT2D eigenvalue weighted by atomic mass is 9.80. The molecular weight excluding hydrogens is 817 g/mol. The summed E-state index contributed by atoms with van der Waals surface area (Å²) in [4.78, 5) is 0. The molecule has 2 aliphatic rings. The third kappa shape index (κ3) is 5.74. The van der Waals surface area contributed by atoms with Crippen molar-refractivity contribution < 1.29 is 0 Å². The van der Waals surface area contributed by atoms with E-state index in [-0.39, 0.29) is 5.41 Å². The molecule has 0 saturated heterocycles. The van der Waals surface area contributed by atoms with E-state index < -0.39 is 0 Å². The summed E-state index contributed by atoms with van der Waals surface area (Å²) in [6, 6.07) is 84.7. The second-order valence-electron chi connectivity index (χ2n) is 19.9. The molecule has 0 spiro atoms. The van der Waals surface area contributed by atoms with Crippen LogP contribution in [0.3, 0.4) is 0 Å². The molecule has 0 bridgehead atoms. The molecule has 0 N–H and O–H groups in total. The van der Waals surface area contributed by atoms with Crippen LogP contribution in [0, 0.1) is 0 Å². The van der Waals surface area contributed by atoms with Crippen LogP contribution in [0.15, 0.2) is 224 Å². The minimum Gasteiger partial charge on any atom is -0.0622 e. The molecule has 0 nitrogen and oxygen atoms in total. The van der Waals surface area contributed by atoms with E-state index in [9.17, 15) is 0 Å². The van der Waals surface area contributed by atoms with Crippen molar-refractivity contribution in [1.29, 1.82) is 0 Å². The van der Waals surface area contributed by atoms with Crippen LogP contribution in [-0.4, -0.2) is 0 Å². The summed E-state index contributed by atoms with van der Waals surface area (Å²) in [5.41, 5.74) is 24.3. The maximum atomic E-state index is 2.52. The van der Waals surface area contributed by atoms with Gasteiger partial charge < -0.3 is 0 Å². The summed E-state index contributed by atoms with van der Waals surface area (Å²) in [7, 11) is 0. The van der Waals surface area contributed by atoms with Gasteiger partial charge in [-0.25, -0.2) is 0 Å². The Morgan fingerprint density at radius 2 is 0.765 bits per heavy atom. The van der Waals surface area contributed by atoms with Crippen molar-refractivity contribution in [3.8, 4) is 100 Å². The van der Waals surface area contributed by atoms with Crippen LogP contribution in [0.1, 0.15) is 26.3 Å². The first-order valence-electron chi connectivity index (χ1n) is 24.0. The molecule has 0 heterocycles. The third-order valence-electron chi connectivity index (χ3n) is 15.1. The van der Waals surface area contributed by atoms with E-state index in [1.165, 1.54) is 149 Å². The predicted molar refractivity (Wildman–Crippen MR) is 291 cm³/mol. The molecule has 318 valence electrons. The summed E-state index contributed by atoms with van der Waals surface area (Å²) in [5.74, 6) is 0. The van der Waals surface area contributed by atoms with Crippen LogP contribution in [0.2, 0.25) is 0 Å². The zero-order chi connectivity index (χ0) is 45.3. The lowest BCUT2D eigenvalue weighted by Crippen LogP contribution is -2.10. The Balaban J connectivity index is 1.11. The van der Waals surface area contributed by atoms with Crippen molar-refractivity contribution in [2.24, 2.45) is 0 Å². The highest BCUT2D eigenvalue weighted by Crippen LogP contribution is 2.60. The second kappa shape index (κ2) is 14.6. The molecule has 0 aliphatic heterocycles. The van der Waals surface area contributed by atoms with E-state index in [0.717, 1.165) is 0 Å². The van der Waals surface area contributed by atoms with E-state index in [4.69, 9.17) is 0 Å². The van der Waals surface area contributed by atoms with Gasteiger partial charge in [-0.2, -0.15) is 0 Å². The van der Waals surface area contributed by atoms with Crippen LogP contribution in [0.5, 0.6) is 0 Å². The van der Waals surface area contributed by atoms with E-state index in [1.807, 2.05) is 0 Å². The monoisotopic (exact) mass is 862 g/mol.